The summed E-state index contributed by atoms with van der Waals surface area (Å²) in [5.41, 5.74) is 3.61. The second kappa shape index (κ2) is 6.26. The van der Waals surface area contributed by atoms with Crippen molar-refractivity contribution in [1.82, 2.24) is 15.3 Å². The molecular formula is C18H23N3O. The minimum Gasteiger partial charge on any atom is -0.344 e. The van der Waals surface area contributed by atoms with Gasteiger partial charge in [-0.2, -0.15) is 0 Å². The lowest BCUT2D eigenvalue weighted by Crippen LogP contribution is -2.27. The summed E-state index contributed by atoms with van der Waals surface area (Å²) >= 11 is 0. The second-order valence-corrected chi connectivity index (χ2v) is 6.61. The number of hydrogen-bond donors (Lipinski definition) is 1. The molecule has 1 amide bonds. The average Bonchev–Trinajstić information content (AvgIpc) is 2.47. The van der Waals surface area contributed by atoms with E-state index < -0.39 is 0 Å². The first-order chi connectivity index (χ1) is 10.3. The molecule has 1 atom stereocenters. The normalized spacial score (nSPS) is 12.8. The van der Waals surface area contributed by atoms with Crippen molar-refractivity contribution in [3.8, 4) is 0 Å². The van der Waals surface area contributed by atoms with Crippen LogP contribution in [0.3, 0.4) is 0 Å². The van der Waals surface area contributed by atoms with Crippen molar-refractivity contribution >= 4 is 5.91 Å². The Balaban J connectivity index is 2.07. The number of benzene rings is 1. The Labute approximate surface area is 132 Å². The molecule has 0 radical (unpaired) electrons. The first-order valence-corrected chi connectivity index (χ1v) is 7.47. The smallest absolute Gasteiger partial charge is 0.271 e. The van der Waals surface area contributed by atoms with Crippen LogP contribution in [0.25, 0.3) is 0 Å². The topological polar surface area (TPSA) is 54.9 Å². The lowest BCUT2D eigenvalue weighted by Gasteiger charge is -2.20. The number of amides is 1. The van der Waals surface area contributed by atoms with Gasteiger partial charge in [0.05, 0.1) is 17.9 Å². The van der Waals surface area contributed by atoms with Crippen molar-refractivity contribution in [2.75, 3.05) is 0 Å². The predicted molar refractivity (Wildman–Crippen MR) is 87.8 cm³/mol. The summed E-state index contributed by atoms with van der Waals surface area (Å²) in [5.74, 6) is -0.208. The summed E-state index contributed by atoms with van der Waals surface area (Å²) in [6, 6.07) is 8.27. The van der Waals surface area contributed by atoms with Crippen LogP contribution in [0.15, 0.2) is 36.7 Å². The molecule has 4 nitrogen and oxygen atoms in total. The third kappa shape index (κ3) is 3.91. The number of aryl methyl sites for hydroxylation is 1. The van der Waals surface area contributed by atoms with Gasteiger partial charge in [0, 0.05) is 6.20 Å². The molecule has 0 saturated carbocycles. The standard InChI is InChI=1S/C18H23N3O/c1-12-10-20-16(11-19-12)17(22)21-13(2)14-6-8-15(9-7-14)18(3,4)5/h6-11,13H,1-5H3,(H,21,22). The summed E-state index contributed by atoms with van der Waals surface area (Å²) in [4.78, 5) is 20.3. The van der Waals surface area contributed by atoms with Crippen molar-refractivity contribution in [3.05, 3.63) is 59.2 Å². The van der Waals surface area contributed by atoms with Crippen molar-refractivity contribution in [2.45, 2.75) is 46.1 Å². The monoisotopic (exact) mass is 297 g/mol. The Morgan fingerprint density at radius 3 is 2.23 bits per heavy atom. The second-order valence-electron chi connectivity index (χ2n) is 6.61. The van der Waals surface area contributed by atoms with Gasteiger partial charge in [0.15, 0.2) is 0 Å². The Morgan fingerprint density at radius 2 is 1.73 bits per heavy atom. The van der Waals surface area contributed by atoms with Gasteiger partial charge >= 0.3 is 0 Å². The summed E-state index contributed by atoms with van der Waals surface area (Å²) in [7, 11) is 0. The van der Waals surface area contributed by atoms with Crippen LogP contribution in [0.5, 0.6) is 0 Å². The first kappa shape index (κ1) is 16.1. The molecule has 0 bridgehead atoms. The highest BCUT2D eigenvalue weighted by Crippen LogP contribution is 2.23. The summed E-state index contributed by atoms with van der Waals surface area (Å²) < 4.78 is 0. The molecule has 1 aromatic carbocycles. The van der Waals surface area contributed by atoms with E-state index in [0.717, 1.165) is 11.3 Å². The maximum Gasteiger partial charge on any atom is 0.271 e. The van der Waals surface area contributed by atoms with E-state index in [4.69, 9.17) is 0 Å². The van der Waals surface area contributed by atoms with E-state index in [0.29, 0.717) is 5.69 Å². The van der Waals surface area contributed by atoms with Gasteiger partial charge in [-0.1, -0.05) is 45.0 Å². The quantitative estimate of drug-likeness (QED) is 0.942. The van der Waals surface area contributed by atoms with E-state index in [1.54, 1.807) is 6.20 Å². The van der Waals surface area contributed by atoms with Gasteiger partial charge in [-0.3, -0.25) is 9.78 Å². The Kier molecular flexibility index (Phi) is 4.59. The molecule has 1 unspecified atom stereocenters. The number of aromatic nitrogens is 2. The van der Waals surface area contributed by atoms with Gasteiger partial charge in [0.2, 0.25) is 0 Å². The number of nitrogens with one attached hydrogen (secondary N) is 1. The fourth-order valence-electron chi connectivity index (χ4n) is 2.14. The molecule has 0 saturated heterocycles. The largest absolute Gasteiger partial charge is 0.344 e. The van der Waals surface area contributed by atoms with Crippen LogP contribution in [0.2, 0.25) is 0 Å². The SMILES string of the molecule is Cc1cnc(C(=O)NC(C)c2ccc(C(C)(C)C)cc2)cn1. The molecule has 4 heteroatoms. The van der Waals surface area contributed by atoms with Crippen LogP contribution in [-0.2, 0) is 5.41 Å². The zero-order chi connectivity index (χ0) is 16.3. The van der Waals surface area contributed by atoms with E-state index >= 15 is 0 Å². The molecular weight excluding hydrogens is 274 g/mol. The maximum atomic E-state index is 12.2. The fraction of sp³-hybridized carbons (Fsp3) is 0.389. The van der Waals surface area contributed by atoms with Gasteiger partial charge in [0.25, 0.3) is 5.91 Å². The van der Waals surface area contributed by atoms with E-state index in [-0.39, 0.29) is 17.4 Å². The highest BCUT2D eigenvalue weighted by atomic mass is 16.1. The van der Waals surface area contributed by atoms with Crippen molar-refractivity contribution in [1.29, 1.82) is 0 Å². The van der Waals surface area contributed by atoms with Gasteiger partial charge in [-0.15, -0.1) is 0 Å². The number of carbonyl (C=O) groups excluding carboxylic acids is 1. The molecule has 116 valence electrons. The summed E-state index contributed by atoms with van der Waals surface area (Å²) in [6.45, 7) is 10.4. The lowest BCUT2D eigenvalue weighted by molar-refractivity contribution is 0.0934. The highest BCUT2D eigenvalue weighted by Gasteiger charge is 2.16. The summed E-state index contributed by atoms with van der Waals surface area (Å²) in [5, 5.41) is 2.95. The third-order valence-electron chi connectivity index (χ3n) is 3.64. The predicted octanol–water partition coefficient (Wildman–Crippen LogP) is 3.57. The number of rotatable bonds is 3. The van der Waals surface area contributed by atoms with Gasteiger partial charge in [0.1, 0.15) is 5.69 Å². The highest BCUT2D eigenvalue weighted by molar-refractivity contribution is 5.92. The molecule has 1 N–H and O–H groups in total. The Bertz CT molecular complexity index is 640. The van der Waals surface area contributed by atoms with Gasteiger partial charge < -0.3 is 5.32 Å². The number of carbonyl (C=O) groups is 1. The molecule has 0 fully saturated rings. The van der Waals surface area contributed by atoms with E-state index in [9.17, 15) is 4.79 Å². The van der Waals surface area contributed by atoms with E-state index in [1.165, 1.54) is 11.8 Å². The zero-order valence-corrected chi connectivity index (χ0v) is 13.8. The molecule has 1 aromatic heterocycles. The molecule has 0 aliphatic carbocycles. The molecule has 1 heterocycles. The molecule has 2 rings (SSSR count). The van der Waals surface area contributed by atoms with Crippen LogP contribution >= 0.6 is 0 Å². The van der Waals surface area contributed by atoms with Gasteiger partial charge in [-0.25, -0.2) is 4.98 Å². The Hall–Kier alpha value is -2.23. The Morgan fingerprint density at radius 1 is 1.09 bits per heavy atom. The fourth-order valence-corrected chi connectivity index (χ4v) is 2.14. The summed E-state index contributed by atoms with van der Waals surface area (Å²) in [6.07, 6.45) is 3.10. The van der Waals surface area contributed by atoms with Gasteiger partial charge in [-0.05, 0) is 30.4 Å². The van der Waals surface area contributed by atoms with Crippen LogP contribution < -0.4 is 5.32 Å². The molecule has 22 heavy (non-hydrogen) atoms. The van der Waals surface area contributed by atoms with Crippen molar-refractivity contribution in [3.63, 3.8) is 0 Å². The minimum absolute atomic E-state index is 0.0791. The van der Waals surface area contributed by atoms with Crippen molar-refractivity contribution < 1.29 is 4.79 Å². The third-order valence-corrected chi connectivity index (χ3v) is 3.64. The average molecular weight is 297 g/mol. The van der Waals surface area contributed by atoms with Crippen molar-refractivity contribution in [2.24, 2.45) is 0 Å². The van der Waals surface area contributed by atoms with E-state index in [2.05, 4.69) is 60.3 Å². The van der Waals surface area contributed by atoms with Crippen LogP contribution in [0.4, 0.5) is 0 Å². The number of hydrogen-bond acceptors (Lipinski definition) is 3. The lowest BCUT2D eigenvalue weighted by atomic mass is 9.86. The first-order valence-electron chi connectivity index (χ1n) is 7.47. The number of nitrogens with zero attached hydrogens (tertiary/aromatic N) is 2. The molecule has 0 aliphatic rings. The van der Waals surface area contributed by atoms with Crippen LogP contribution in [0.1, 0.15) is 61.0 Å². The van der Waals surface area contributed by atoms with Crippen LogP contribution in [0, 0.1) is 6.92 Å². The maximum absolute atomic E-state index is 12.2. The van der Waals surface area contributed by atoms with E-state index in [1.807, 2.05) is 13.8 Å². The minimum atomic E-state index is -0.208. The zero-order valence-electron chi connectivity index (χ0n) is 13.8. The molecule has 2 aromatic rings. The molecule has 0 aliphatic heterocycles. The van der Waals surface area contributed by atoms with Crippen LogP contribution in [-0.4, -0.2) is 15.9 Å². The molecule has 0 spiro atoms.